The van der Waals surface area contributed by atoms with Gasteiger partial charge in [0.2, 0.25) is 10.0 Å². The Morgan fingerprint density at radius 2 is 2.07 bits per heavy atom. The third-order valence-corrected chi connectivity index (χ3v) is 3.11. The molecule has 0 saturated heterocycles. The molecule has 0 aliphatic rings. The molecule has 0 saturated carbocycles. The number of rotatable bonds is 2. The molecule has 0 radical (unpaired) electrons. The summed E-state index contributed by atoms with van der Waals surface area (Å²) in [7, 11) is -4.24. The standard InChI is InChI=1S/C7H7ClF2N2O2S/c1-3-2-12-6(8)4(7(9)10)5(3)15(11,13)14/h2,7H,1H3,(H2,11,13,14). The van der Waals surface area contributed by atoms with Gasteiger partial charge in [-0.1, -0.05) is 11.6 Å². The van der Waals surface area contributed by atoms with Gasteiger partial charge in [-0.25, -0.2) is 27.3 Å². The number of sulfonamides is 1. The summed E-state index contributed by atoms with van der Waals surface area (Å²) < 4.78 is 47.3. The molecule has 0 fully saturated rings. The van der Waals surface area contributed by atoms with Crippen LogP contribution in [-0.2, 0) is 10.0 Å². The first-order chi connectivity index (χ1) is 6.75. The average molecular weight is 257 g/mol. The van der Waals surface area contributed by atoms with Crippen LogP contribution in [0.1, 0.15) is 17.6 Å². The van der Waals surface area contributed by atoms with E-state index in [2.05, 4.69) is 4.98 Å². The summed E-state index contributed by atoms with van der Waals surface area (Å²) in [5, 5.41) is 4.26. The lowest BCUT2D eigenvalue weighted by Gasteiger charge is -2.10. The zero-order valence-corrected chi connectivity index (χ0v) is 9.11. The van der Waals surface area contributed by atoms with Crippen LogP contribution in [0.4, 0.5) is 8.78 Å². The van der Waals surface area contributed by atoms with Crippen LogP contribution in [0.5, 0.6) is 0 Å². The smallest absolute Gasteiger partial charge is 0.244 e. The van der Waals surface area contributed by atoms with Gasteiger partial charge in [-0.15, -0.1) is 0 Å². The van der Waals surface area contributed by atoms with E-state index in [1.54, 1.807) is 0 Å². The number of aromatic nitrogens is 1. The predicted octanol–water partition coefficient (Wildman–Crippen LogP) is 1.63. The zero-order valence-electron chi connectivity index (χ0n) is 7.54. The molecule has 84 valence electrons. The topological polar surface area (TPSA) is 73.0 Å². The van der Waals surface area contributed by atoms with Crippen LogP contribution >= 0.6 is 11.6 Å². The number of primary sulfonamides is 1. The van der Waals surface area contributed by atoms with Gasteiger partial charge in [0.25, 0.3) is 6.43 Å². The summed E-state index contributed by atoms with van der Waals surface area (Å²) in [6.45, 7) is 1.31. The Kier molecular flexibility index (Phi) is 3.27. The molecule has 4 nitrogen and oxygen atoms in total. The largest absolute Gasteiger partial charge is 0.268 e. The van der Waals surface area contributed by atoms with Crippen molar-refractivity contribution in [2.24, 2.45) is 5.14 Å². The number of alkyl halides is 2. The molecule has 1 aromatic heterocycles. The van der Waals surface area contributed by atoms with Crippen molar-refractivity contribution in [2.75, 3.05) is 0 Å². The van der Waals surface area contributed by atoms with Crippen LogP contribution in [-0.4, -0.2) is 13.4 Å². The Hall–Kier alpha value is -0.790. The maximum absolute atomic E-state index is 12.6. The van der Waals surface area contributed by atoms with Crippen molar-refractivity contribution in [1.82, 2.24) is 4.98 Å². The quantitative estimate of drug-likeness (QED) is 0.818. The lowest BCUT2D eigenvalue weighted by atomic mass is 10.2. The number of nitrogens with two attached hydrogens (primary N) is 1. The Morgan fingerprint density at radius 3 is 2.40 bits per heavy atom. The number of halogens is 3. The lowest BCUT2D eigenvalue weighted by molar-refractivity contribution is 0.147. The highest BCUT2D eigenvalue weighted by Crippen LogP contribution is 2.32. The van der Waals surface area contributed by atoms with Gasteiger partial charge >= 0.3 is 0 Å². The fourth-order valence-corrected chi connectivity index (χ4v) is 2.43. The number of nitrogens with zero attached hydrogens (tertiary/aromatic N) is 1. The first-order valence-corrected chi connectivity index (χ1v) is 5.63. The molecule has 0 aromatic carbocycles. The summed E-state index contributed by atoms with van der Waals surface area (Å²) in [4.78, 5) is 2.78. The summed E-state index contributed by atoms with van der Waals surface area (Å²) >= 11 is 5.39. The minimum absolute atomic E-state index is 0.0391. The van der Waals surface area contributed by atoms with Crippen LogP contribution in [0, 0.1) is 6.92 Å². The van der Waals surface area contributed by atoms with Crippen molar-refractivity contribution in [2.45, 2.75) is 18.2 Å². The second kappa shape index (κ2) is 3.99. The Labute approximate surface area is 90.1 Å². The van der Waals surface area contributed by atoms with Gasteiger partial charge in [0.05, 0.1) is 10.5 Å². The van der Waals surface area contributed by atoms with Crippen molar-refractivity contribution in [1.29, 1.82) is 0 Å². The predicted molar refractivity (Wildman–Crippen MR) is 50.3 cm³/mol. The monoisotopic (exact) mass is 256 g/mol. The normalized spacial score (nSPS) is 12.1. The highest BCUT2D eigenvalue weighted by molar-refractivity contribution is 7.89. The van der Waals surface area contributed by atoms with E-state index in [1.165, 1.54) is 6.92 Å². The van der Waals surface area contributed by atoms with Gasteiger partial charge in [-0.3, -0.25) is 0 Å². The molecular weight excluding hydrogens is 250 g/mol. The molecule has 1 aromatic rings. The highest BCUT2D eigenvalue weighted by Gasteiger charge is 2.26. The first-order valence-electron chi connectivity index (χ1n) is 3.71. The number of aryl methyl sites for hydroxylation is 1. The molecule has 0 spiro atoms. The van der Waals surface area contributed by atoms with Crippen molar-refractivity contribution in [3.05, 3.63) is 22.5 Å². The molecule has 8 heteroatoms. The third kappa shape index (κ3) is 2.42. The molecule has 0 unspecified atom stereocenters. The molecule has 0 aliphatic heterocycles. The van der Waals surface area contributed by atoms with Crippen molar-refractivity contribution >= 4 is 21.6 Å². The van der Waals surface area contributed by atoms with Crippen LogP contribution in [0.3, 0.4) is 0 Å². The summed E-state index contributed by atoms with van der Waals surface area (Å²) in [5.41, 5.74) is -0.809. The average Bonchev–Trinajstić information content (AvgIpc) is 2.05. The molecule has 1 rings (SSSR count). The SMILES string of the molecule is Cc1cnc(Cl)c(C(F)F)c1S(N)(=O)=O. The minimum Gasteiger partial charge on any atom is -0.244 e. The van der Waals surface area contributed by atoms with Gasteiger partial charge < -0.3 is 0 Å². The van der Waals surface area contributed by atoms with E-state index >= 15 is 0 Å². The first kappa shape index (κ1) is 12.3. The van der Waals surface area contributed by atoms with Crippen molar-refractivity contribution in [3.8, 4) is 0 Å². The van der Waals surface area contributed by atoms with Crippen molar-refractivity contribution in [3.63, 3.8) is 0 Å². The van der Waals surface area contributed by atoms with E-state index in [-0.39, 0.29) is 5.56 Å². The Balaban J connectivity index is 3.68. The van der Waals surface area contributed by atoms with Gasteiger partial charge in [0.1, 0.15) is 5.15 Å². The van der Waals surface area contributed by atoms with Gasteiger partial charge in [0.15, 0.2) is 0 Å². The molecule has 1 heterocycles. The van der Waals surface area contributed by atoms with E-state index in [0.717, 1.165) is 6.20 Å². The highest BCUT2D eigenvalue weighted by atomic mass is 35.5. The number of hydrogen-bond acceptors (Lipinski definition) is 3. The van der Waals surface area contributed by atoms with E-state index in [9.17, 15) is 17.2 Å². The molecule has 0 atom stereocenters. The lowest BCUT2D eigenvalue weighted by Crippen LogP contribution is -2.17. The van der Waals surface area contributed by atoms with Crippen LogP contribution in [0.15, 0.2) is 11.1 Å². The van der Waals surface area contributed by atoms with E-state index in [0.29, 0.717) is 0 Å². The molecule has 15 heavy (non-hydrogen) atoms. The second-order valence-corrected chi connectivity index (χ2v) is 4.68. The molecular formula is C7H7ClF2N2O2S. The van der Waals surface area contributed by atoms with Gasteiger partial charge in [-0.05, 0) is 12.5 Å². The van der Waals surface area contributed by atoms with Crippen LogP contribution in [0.2, 0.25) is 5.15 Å². The fourth-order valence-electron chi connectivity index (χ4n) is 1.15. The van der Waals surface area contributed by atoms with Crippen LogP contribution < -0.4 is 5.14 Å². The zero-order chi connectivity index (χ0) is 11.8. The Morgan fingerprint density at radius 1 is 1.53 bits per heavy atom. The maximum Gasteiger partial charge on any atom is 0.268 e. The van der Waals surface area contributed by atoms with Gasteiger partial charge in [-0.2, -0.15) is 0 Å². The van der Waals surface area contributed by atoms with E-state index in [4.69, 9.17) is 16.7 Å². The van der Waals surface area contributed by atoms with Crippen molar-refractivity contribution < 1.29 is 17.2 Å². The fraction of sp³-hybridized carbons (Fsp3) is 0.286. The summed E-state index contributed by atoms with van der Waals surface area (Å²) in [6, 6.07) is 0. The molecule has 2 N–H and O–H groups in total. The number of hydrogen-bond donors (Lipinski definition) is 1. The minimum atomic E-state index is -4.24. The van der Waals surface area contributed by atoms with E-state index in [1.807, 2.05) is 0 Å². The second-order valence-electron chi connectivity index (χ2n) is 2.82. The molecule has 0 aliphatic carbocycles. The summed E-state index contributed by atoms with van der Waals surface area (Å²) in [6.07, 6.45) is -1.97. The number of pyridine rings is 1. The van der Waals surface area contributed by atoms with Crippen LogP contribution in [0.25, 0.3) is 0 Å². The molecule has 0 bridgehead atoms. The maximum atomic E-state index is 12.6. The Bertz CT molecular complexity index is 490. The molecule has 0 amide bonds. The van der Waals surface area contributed by atoms with Gasteiger partial charge in [0, 0.05) is 6.20 Å². The summed E-state index contributed by atoms with van der Waals surface area (Å²) in [5.74, 6) is 0. The van der Waals surface area contributed by atoms with E-state index < -0.39 is 32.1 Å². The third-order valence-electron chi connectivity index (χ3n) is 1.70.